The molecule has 1 spiro atoms. The van der Waals surface area contributed by atoms with E-state index in [-0.39, 0.29) is 11.6 Å². The van der Waals surface area contributed by atoms with E-state index in [1.165, 1.54) is 11.4 Å². The van der Waals surface area contributed by atoms with Crippen LogP contribution in [0.2, 0.25) is 0 Å². The van der Waals surface area contributed by atoms with Crippen LogP contribution in [-0.4, -0.2) is 29.2 Å². The summed E-state index contributed by atoms with van der Waals surface area (Å²) in [5.41, 5.74) is 2.43. The average Bonchev–Trinajstić information content (AvgIpc) is 2.76. The summed E-state index contributed by atoms with van der Waals surface area (Å²) < 4.78 is 5.66. The van der Waals surface area contributed by atoms with Gasteiger partial charge in [-0.1, -0.05) is 0 Å². The van der Waals surface area contributed by atoms with Gasteiger partial charge in [-0.05, 0) is 13.3 Å². The van der Waals surface area contributed by atoms with E-state index in [0.717, 1.165) is 26.0 Å². The van der Waals surface area contributed by atoms with Gasteiger partial charge in [0.1, 0.15) is 0 Å². The Hall–Kier alpha value is -0.870. The minimum absolute atomic E-state index is 0.0203. The van der Waals surface area contributed by atoms with E-state index in [2.05, 4.69) is 22.2 Å². The number of nitrogens with one attached hydrogen (secondary N) is 2. The van der Waals surface area contributed by atoms with E-state index < -0.39 is 0 Å². The molecule has 4 heteroatoms. The van der Waals surface area contributed by atoms with Crippen molar-refractivity contribution >= 4 is 0 Å². The summed E-state index contributed by atoms with van der Waals surface area (Å²) in [6.45, 7) is 3.98. The Morgan fingerprint density at radius 1 is 1.64 bits per heavy atom. The zero-order chi connectivity index (χ0) is 9.60. The van der Waals surface area contributed by atoms with E-state index in [1.807, 2.05) is 0 Å². The molecule has 0 amide bonds. The van der Waals surface area contributed by atoms with Crippen molar-refractivity contribution in [1.82, 2.24) is 15.3 Å². The molecule has 0 aliphatic carbocycles. The van der Waals surface area contributed by atoms with Crippen molar-refractivity contribution in [2.24, 2.45) is 0 Å². The molecule has 2 N–H and O–H groups in total. The van der Waals surface area contributed by atoms with Gasteiger partial charge in [0.25, 0.3) is 0 Å². The minimum atomic E-state index is -0.0203. The Morgan fingerprint density at radius 2 is 2.57 bits per heavy atom. The SMILES string of the molecule is C[C@@H]1OCC[C@@]12NCCc1[nH]cnc12. The van der Waals surface area contributed by atoms with Gasteiger partial charge in [-0.3, -0.25) is 0 Å². The smallest absolute Gasteiger partial charge is 0.0926 e. The summed E-state index contributed by atoms with van der Waals surface area (Å²) in [7, 11) is 0. The molecule has 1 aromatic rings. The lowest BCUT2D eigenvalue weighted by Crippen LogP contribution is -2.51. The third kappa shape index (κ3) is 0.925. The summed E-state index contributed by atoms with van der Waals surface area (Å²) in [6, 6.07) is 0. The second-order valence-electron chi connectivity index (χ2n) is 4.14. The van der Waals surface area contributed by atoms with Crippen LogP contribution in [0.25, 0.3) is 0 Å². The molecule has 3 heterocycles. The number of fused-ring (bicyclic) bond motifs is 2. The molecular formula is C10H15N3O. The Labute approximate surface area is 83.1 Å². The summed E-state index contributed by atoms with van der Waals surface area (Å²) >= 11 is 0. The van der Waals surface area contributed by atoms with E-state index in [1.54, 1.807) is 6.33 Å². The summed E-state index contributed by atoms with van der Waals surface area (Å²) in [6.07, 6.45) is 4.10. The number of aromatic nitrogens is 2. The highest BCUT2D eigenvalue weighted by Crippen LogP contribution is 2.38. The second kappa shape index (κ2) is 2.81. The minimum Gasteiger partial charge on any atom is -0.376 e. The van der Waals surface area contributed by atoms with Crippen molar-refractivity contribution in [3.63, 3.8) is 0 Å². The first-order valence-corrected chi connectivity index (χ1v) is 5.22. The number of nitrogens with zero attached hydrogens (tertiary/aromatic N) is 1. The molecule has 2 atom stereocenters. The maximum Gasteiger partial charge on any atom is 0.0926 e. The van der Waals surface area contributed by atoms with Crippen LogP contribution in [0.15, 0.2) is 6.33 Å². The fourth-order valence-electron chi connectivity index (χ4n) is 2.68. The van der Waals surface area contributed by atoms with Gasteiger partial charge in [0.15, 0.2) is 0 Å². The van der Waals surface area contributed by atoms with Gasteiger partial charge in [-0.2, -0.15) is 0 Å². The largest absolute Gasteiger partial charge is 0.376 e. The standard InChI is InChI=1S/C10H15N3O/c1-7-10(3-5-14-7)9-8(2-4-13-10)11-6-12-9/h6-7,13H,2-5H2,1H3,(H,11,12)/t7-,10+/m0/s1. The molecule has 0 aromatic carbocycles. The molecule has 2 aliphatic rings. The lowest BCUT2D eigenvalue weighted by Gasteiger charge is -2.36. The molecule has 0 unspecified atom stereocenters. The molecule has 2 aliphatic heterocycles. The Kier molecular flexibility index (Phi) is 1.69. The van der Waals surface area contributed by atoms with Gasteiger partial charge in [0, 0.05) is 25.3 Å². The molecule has 1 saturated heterocycles. The first kappa shape index (κ1) is 8.44. The third-order valence-electron chi connectivity index (χ3n) is 3.51. The lowest BCUT2D eigenvalue weighted by molar-refractivity contribution is 0.0780. The fraction of sp³-hybridized carbons (Fsp3) is 0.700. The molecule has 3 rings (SSSR count). The number of rotatable bonds is 0. The maximum absolute atomic E-state index is 5.66. The highest BCUT2D eigenvalue weighted by molar-refractivity contribution is 5.28. The molecule has 76 valence electrons. The first-order valence-electron chi connectivity index (χ1n) is 5.22. The summed E-state index contributed by atoms with van der Waals surface area (Å²) in [5.74, 6) is 0. The van der Waals surface area contributed by atoms with Crippen LogP contribution in [0, 0.1) is 0 Å². The Balaban J connectivity index is 2.10. The molecule has 1 aromatic heterocycles. The van der Waals surface area contributed by atoms with E-state index in [9.17, 15) is 0 Å². The number of imidazole rings is 1. The lowest BCUT2D eigenvalue weighted by atomic mass is 9.84. The van der Waals surface area contributed by atoms with Crippen LogP contribution in [0.3, 0.4) is 0 Å². The van der Waals surface area contributed by atoms with Crippen molar-refractivity contribution in [2.45, 2.75) is 31.4 Å². The summed E-state index contributed by atoms with van der Waals surface area (Å²) in [4.78, 5) is 7.67. The van der Waals surface area contributed by atoms with Crippen LogP contribution in [0.1, 0.15) is 24.7 Å². The first-order chi connectivity index (χ1) is 6.83. The fourth-order valence-corrected chi connectivity index (χ4v) is 2.68. The van der Waals surface area contributed by atoms with Crippen LogP contribution in [0.4, 0.5) is 0 Å². The predicted octanol–water partition coefficient (Wildman–Crippen LogP) is 0.559. The quantitative estimate of drug-likeness (QED) is 0.633. The normalized spacial score (nSPS) is 36.2. The van der Waals surface area contributed by atoms with Gasteiger partial charge >= 0.3 is 0 Å². The molecule has 4 nitrogen and oxygen atoms in total. The Morgan fingerprint density at radius 3 is 3.36 bits per heavy atom. The average molecular weight is 193 g/mol. The van der Waals surface area contributed by atoms with Crippen molar-refractivity contribution in [2.75, 3.05) is 13.2 Å². The number of H-pyrrole nitrogens is 1. The number of hydrogen-bond acceptors (Lipinski definition) is 3. The molecule has 1 fully saturated rings. The van der Waals surface area contributed by atoms with Crippen molar-refractivity contribution in [3.8, 4) is 0 Å². The van der Waals surface area contributed by atoms with Gasteiger partial charge in [-0.15, -0.1) is 0 Å². The monoisotopic (exact) mass is 193 g/mol. The van der Waals surface area contributed by atoms with Crippen molar-refractivity contribution < 1.29 is 4.74 Å². The molecule has 0 radical (unpaired) electrons. The Bertz CT molecular complexity index is 349. The van der Waals surface area contributed by atoms with Crippen molar-refractivity contribution in [1.29, 1.82) is 0 Å². The van der Waals surface area contributed by atoms with Crippen molar-refractivity contribution in [3.05, 3.63) is 17.7 Å². The summed E-state index contributed by atoms with van der Waals surface area (Å²) in [5, 5.41) is 3.58. The van der Waals surface area contributed by atoms with Crippen LogP contribution < -0.4 is 5.32 Å². The maximum atomic E-state index is 5.66. The van der Waals surface area contributed by atoms with Gasteiger partial charge in [0.2, 0.25) is 0 Å². The van der Waals surface area contributed by atoms with Crippen LogP contribution in [0.5, 0.6) is 0 Å². The van der Waals surface area contributed by atoms with Crippen LogP contribution >= 0.6 is 0 Å². The van der Waals surface area contributed by atoms with E-state index in [0.29, 0.717) is 0 Å². The van der Waals surface area contributed by atoms with Crippen LogP contribution in [-0.2, 0) is 16.7 Å². The second-order valence-corrected chi connectivity index (χ2v) is 4.14. The third-order valence-corrected chi connectivity index (χ3v) is 3.51. The van der Waals surface area contributed by atoms with E-state index in [4.69, 9.17) is 4.74 Å². The number of ether oxygens (including phenoxy) is 1. The topological polar surface area (TPSA) is 49.9 Å². The molecule has 14 heavy (non-hydrogen) atoms. The number of aromatic amines is 1. The van der Waals surface area contributed by atoms with Gasteiger partial charge in [-0.25, -0.2) is 4.98 Å². The van der Waals surface area contributed by atoms with E-state index >= 15 is 0 Å². The predicted molar refractivity (Wildman–Crippen MR) is 52.0 cm³/mol. The molecular weight excluding hydrogens is 178 g/mol. The van der Waals surface area contributed by atoms with Gasteiger partial charge in [0.05, 0.1) is 23.7 Å². The molecule has 0 bridgehead atoms. The van der Waals surface area contributed by atoms with Gasteiger partial charge < -0.3 is 15.0 Å². The number of hydrogen-bond donors (Lipinski definition) is 2. The molecule has 0 saturated carbocycles. The zero-order valence-electron chi connectivity index (χ0n) is 8.34. The highest BCUT2D eigenvalue weighted by atomic mass is 16.5. The zero-order valence-corrected chi connectivity index (χ0v) is 8.34. The highest BCUT2D eigenvalue weighted by Gasteiger charge is 2.47.